The van der Waals surface area contributed by atoms with Crippen LogP contribution >= 0.6 is 0 Å². The monoisotopic (exact) mass is 347 g/mol. The molecule has 0 saturated carbocycles. The van der Waals surface area contributed by atoms with Gasteiger partial charge < -0.3 is 4.90 Å². The Morgan fingerprint density at radius 3 is 2.38 bits per heavy atom. The molecule has 0 unspecified atom stereocenters. The number of pyridine rings is 1. The molecule has 1 fully saturated rings. The maximum atomic E-state index is 4.73. The van der Waals surface area contributed by atoms with Gasteiger partial charge in [-0.15, -0.1) is 10.2 Å². The topological polar surface area (TPSA) is 45.3 Å². The second-order valence-corrected chi connectivity index (χ2v) is 7.32. The minimum absolute atomic E-state index is 0.293. The van der Waals surface area contributed by atoms with Crippen LogP contribution in [-0.4, -0.2) is 22.5 Å². The van der Waals surface area contributed by atoms with E-state index in [1.165, 1.54) is 24.1 Å². The summed E-state index contributed by atoms with van der Waals surface area (Å²) < 4.78 is 2.03. The van der Waals surface area contributed by atoms with Crippen LogP contribution in [0.4, 0.5) is 17.2 Å². The van der Waals surface area contributed by atoms with Crippen LogP contribution in [0.1, 0.15) is 43.9 Å². The van der Waals surface area contributed by atoms with E-state index in [9.17, 15) is 0 Å². The van der Waals surface area contributed by atoms with E-state index < -0.39 is 0 Å². The van der Waals surface area contributed by atoms with E-state index in [0.29, 0.717) is 5.92 Å². The van der Waals surface area contributed by atoms with Crippen molar-refractivity contribution in [3.63, 3.8) is 0 Å². The fourth-order valence-corrected chi connectivity index (χ4v) is 3.45. The van der Waals surface area contributed by atoms with Crippen LogP contribution in [0.25, 0.3) is 5.65 Å². The third-order valence-electron chi connectivity index (χ3n) is 4.90. The van der Waals surface area contributed by atoms with Gasteiger partial charge >= 0.3 is 0 Å². The SMILES string of the molecule is Cc1ccc2nc(C(C)C)c(N=Nc3ccc(N4CCCC4)cc3)n2c1. The molecule has 134 valence electrons. The molecule has 0 spiro atoms. The molecule has 0 amide bonds. The van der Waals surface area contributed by atoms with Crippen molar-refractivity contribution in [1.82, 2.24) is 9.38 Å². The third-order valence-corrected chi connectivity index (χ3v) is 4.90. The van der Waals surface area contributed by atoms with Crippen molar-refractivity contribution in [2.24, 2.45) is 10.2 Å². The molecular formula is C21H25N5. The molecule has 1 saturated heterocycles. The molecule has 1 aliphatic heterocycles. The van der Waals surface area contributed by atoms with Gasteiger partial charge in [0, 0.05) is 25.0 Å². The Labute approximate surface area is 154 Å². The van der Waals surface area contributed by atoms with Gasteiger partial charge in [-0.25, -0.2) is 4.98 Å². The summed E-state index contributed by atoms with van der Waals surface area (Å²) in [7, 11) is 0. The van der Waals surface area contributed by atoms with Crippen molar-refractivity contribution in [3.8, 4) is 0 Å². The van der Waals surface area contributed by atoms with Crippen molar-refractivity contribution in [1.29, 1.82) is 0 Å². The number of nitrogens with zero attached hydrogens (tertiary/aromatic N) is 5. The molecule has 3 aromatic rings. The number of fused-ring (bicyclic) bond motifs is 1. The Balaban J connectivity index is 1.65. The molecule has 5 nitrogen and oxygen atoms in total. The standard InChI is InChI=1S/C21H25N5/c1-15(2)20-21(26-14-16(3)6-11-19(26)22-20)24-23-17-7-9-18(10-8-17)25-12-4-5-13-25/h6-11,14-15H,4-5,12-13H2,1-3H3. The van der Waals surface area contributed by atoms with Crippen molar-refractivity contribution in [3.05, 3.63) is 53.9 Å². The summed E-state index contributed by atoms with van der Waals surface area (Å²) in [5, 5.41) is 9.05. The number of hydrogen-bond acceptors (Lipinski definition) is 4. The summed E-state index contributed by atoms with van der Waals surface area (Å²) >= 11 is 0. The number of hydrogen-bond donors (Lipinski definition) is 0. The zero-order chi connectivity index (χ0) is 18.1. The number of azo groups is 1. The van der Waals surface area contributed by atoms with Crippen LogP contribution in [0, 0.1) is 6.92 Å². The molecule has 2 aromatic heterocycles. The Kier molecular flexibility index (Phi) is 4.45. The Morgan fingerprint density at radius 2 is 1.69 bits per heavy atom. The number of imidazole rings is 1. The normalized spacial score (nSPS) is 15.0. The van der Waals surface area contributed by atoms with Gasteiger partial charge in [-0.3, -0.25) is 4.40 Å². The maximum absolute atomic E-state index is 4.73. The summed E-state index contributed by atoms with van der Waals surface area (Å²) in [5.41, 5.74) is 5.21. The molecule has 1 aromatic carbocycles. The lowest BCUT2D eigenvalue weighted by atomic mass is 10.1. The van der Waals surface area contributed by atoms with Gasteiger partial charge in [0.2, 0.25) is 0 Å². The number of rotatable bonds is 4. The van der Waals surface area contributed by atoms with Crippen LogP contribution < -0.4 is 4.90 Å². The molecule has 0 aliphatic carbocycles. The van der Waals surface area contributed by atoms with Gasteiger partial charge in [0.05, 0.1) is 11.4 Å². The van der Waals surface area contributed by atoms with Gasteiger partial charge in [0.15, 0.2) is 5.82 Å². The molecule has 3 heterocycles. The summed E-state index contributed by atoms with van der Waals surface area (Å²) in [6.45, 7) is 8.66. The van der Waals surface area contributed by atoms with Gasteiger partial charge in [0.25, 0.3) is 0 Å². The zero-order valence-corrected chi connectivity index (χ0v) is 15.7. The fraction of sp³-hybridized carbons (Fsp3) is 0.381. The van der Waals surface area contributed by atoms with E-state index in [1.54, 1.807) is 0 Å². The van der Waals surface area contributed by atoms with E-state index in [1.807, 2.05) is 22.6 Å². The minimum Gasteiger partial charge on any atom is -0.372 e. The highest BCUT2D eigenvalue weighted by atomic mass is 15.2. The van der Waals surface area contributed by atoms with E-state index in [4.69, 9.17) is 4.98 Å². The molecule has 26 heavy (non-hydrogen) atoms. The average Bonchev–Trinajstić information content (AvgIpc) is 3.28. The van der Waals surface area contributed by atoms with E-state index in [2.05, 4.69) is 60.3 Å². The quantitative estimate of drug-likeness (QED) is 0.561. The van der Waals surface area contributed by atoms with Crippen LogP contribution in [0.15, 0.2) is 52.8 Å². The zero-order valence-electron chi connectivity index (χ0n) is 15.7. The van der Waals surface area contributed by atoms with E-state index in [-0.39, 0.29) is 0 Å². The van der Waals surface area contributed by atoms with Crippen molar-refractivity contribution < 1.29 is 0 Å². The molecule has 0 radical (unpaired) electrons. The first-order valence-electron chi connectivity index (χ1n) is 9.37. The Morgan fingerprint density at radius 1 is 0.962 bits per heavy atom. The van der Waals surface area contributed by atoms with Gasteiger partial charge in [0.1, 0.15) is 5.65 Å². The second kappa shape index (κ2) is 6.90. The molecule has 0 N–H and O–H groups in total. The minimum atomic E-state index is 0.293. The van der Waals surface area contributed by atoms with Crippen molar-refractivity contribution in [2.45, 2.75) is 39.5 Å². The van der Waals surface area contributed by atoms with Crippen LogP contribution in [0.2, 0.25) is 0 Å². The first-order valence-corrected chi connectivity index (χ1v) is 9.37. The summed E-state index contributed by atoms with van der Waals surface area (Å²) in [6.07, 6.45) is 4.64. The smallest absolute Gasteiger partial charge is 0.183 e. The summed E-state index contributed by atoms with van der Waals surface area (Å²) in [5.74, 6) is 1.11. The number of benzene rings is 1. The predicted molar refractivity (Wildman–Crippen MR) is 106 cm³/mol. The van der Waals surface area contributed by atoms with Gasteiger partial charge in [-0.2, -0.15) is 0 Å². The predicted octanol–water partition coefficient (Wildman–Crippen LogP) is 5.78. The van der Waals surface area contributed by atoms with Crippen LogP contribution in [0.3, 0.4) is 0 Å². The van der Waals surface area contributed by atoms with Gasteiger partial charge in [-0.05, 0) is 61.6 Å². The Hall–Kier alpha value is -2.69. The van der Waals surface area contributed by atoms with Crippen molar-refractivity contribution >= 4 is 22.8 Å². The van der Waals surface area contributed by atoms with E-state index in [0.717, 1.165) is 35.9 Å². The molecule has 0 bridgehead atoms. The van der Waals surface area contributed by atoms with Crippen molar-refractivity contribution in [2.75, 3.05) is 18.0 Å². The summed E-state index contributed by atoms with van der Waals surface area (Å²) in [4.78, 5) is 7.16. The number of aromatic nitrogens is 2. The lowest BCUT2D eigenvalue weighted by Gasteiger charge is -2.17. The molecule has 1 aliphatic rings. The first-order chi connectivity index (χ1) is 12.6. The van der Waals surface area contributed by atoms with Crippen LogP contribution in [0.5, 0.6) is 0 Å². The third kappa shape index (κ3) is 3.21. The lowest BCUT2D eigenvalue weighted by molar-refractivity contribution is 0.831. The lowest BCUT2D eigenvalue weighted by Crippen LogP contribution is -2.17. The van der Waals surface area contributed by atoms with Gasteiger partial charge in [-0.1, -0.05) is 19.9 Å². The number of anilines is 1. The molecule has 5 heteroatoms. The summed E-state index contributed by atoms with van der Waals surface area (Å²) in [6, 6.07) is 12.5. The molecular weight excluding hydrogens is 322 g/mol. The molecule has 4 rings (SSSR count). The Bertz CT molecular complexity index is 931. The maximum Gasteiger partial charge on any atom is 0.183 e. The average molecular weight is 347 g/mol. The van der Waals surface area contributed by atoms with Crippen LogP contribution in [-0.2, 0) is 0 Å². The first kappa shape index (κ1) is 16.8. The highest BCUT2D eigenvalue weighted by Crippen LogP contribution is 2.30. The highest BCUT2D eigenvalue weighted by Gasteiger charge is 2.15. The highest BCUT2D eigenvalue weighted by molar-refractivity contribution is 5.55. The van der Waals surface area contributed by atoms with E-state index >= 15 is 0 Å². The number of aryl methyl sites for hydroxylation is 1. The largest absolute Gasteiger partial charge is 0.372 e. The fourth-order valence-electron chi connectivity index (χ4n) is 3.45. The second-order valence-electron chi connectivity index (χ2n) is 7.32. The molecule has 0 atom stereocenters.